The van der Waals surface area contributed by atoms with E-state index in [9.17, 15) is 0 Å². The van der Waals surface area contributed by atoms with Gasteiger partial charge >= 0.3 is 0 Å². The van der Waals surface area contributed by atoms with Crippen molar-refractivity contribution in [2.45, 2.75) is 19.8 Å². The molecule has 3 heteroatoms. The monoisotopic (exact) mass is 262 g/mol. The molecule has 0 amide bonds. The van der Waals surface area contributed by atoms with Gasteiger partial charge < -0.3 is 15.0 Å². The van der Waals surface area contributed by atoms with Crippen molar-refractivity contribution < 1.29 is 4.74 Å². The molecule has 1 N–H and O–H groups in total. The lowest BCUT2D eigenvalue weighted by Crippen LogP contribution is -2.28. The van der Waals surface area contributed by atoms with Gasteiger partial charge in [-0.1, -0.05) is 12.1 Å². The van der Waals surface area contributed by atoms with E-state index in [0.29, 0.717) is 0 Å². The summed E-state index contributed by atoms with van der Waals surface area (Å²) in [5, 5.41) is 3.43. The molecular formula is C16H26N2O. The summed E-state index contributed by atoms with van der Waals surface area (Å²) in [5.74, 6) is 1.81. The fourth-order valence-electron chi connectivity index (χ4n) is 2.64. The van der Waals surface area contributed by atoms with E-state index in [4.69, 9.17) is 4.74 Å². The van der Waals surface area contributed by atoms with Crippen LogP contribution in [0.5, 0.6) is 5.75 Å². The smallest absolute Gasteiger partial charge is 0.119 e. The lowest BCUT2D eigenvalue weighted by Gasteiger charge is -2.20. The van der Waals surface area contributed by atoms with Crippen molar-refractivity contribution in [2.75, 3.05) is 39.8 Å². The zero-order valence-corrected chi connectivity index (χ0v) is 12.2. The maximum atomic E-state index is 5.46. The van der Waals surface area contributed by atoms with Gasteiger partial charge in [-0.05, 0) is 63.5 Å². The fourth-order valence-corrected chi connectivity index (χ4v) is 2.64. The molecule has 0 radical (unpaired) electrons. The zero-order valence-electron chi connectivity index (χ0n) is 12.2. The molecule has 106 valence electrons. The maximum Gasteiger partial charge on any atom is 0.119 e. The summed E-state index contributed by atoms with van der Waals surface area (Å²) in [6.07, 6.45) is 2.44. The van der Waals surface area contributed by atoms with Crippen molar-refractivity contribution in [2.24, 2.45) is 5.92 Å². The summed E-state index contributed by atoms with van der Waals surface area (Å²) >= 11 is 0. The van der Waals surface area contributed by atoms with E-state index in [1.807, 2.05) is 6.92 Å². The minimum absolute atomic E-state index is 0.734. The van der Waals surface area contributed by atoms with Crippen molar-refractivity contribution in [1.82, 2.24) is 10.2 Å². The zero-order chi connectivity index (χ0) is 13.5. The lowest BCUT2D eigenvalue weighted by atomic mass is 10.1. The Hall–Kier alpha value is -1.06. The van der Waals surface area contributed by atoms with Gasteiger partial charge in [0.05, 0.1) is 6.61 Å². The van der Waals surface area contributed by atoms with Gasteiger partial charge in [-0.2, -0.15) is 0 Å². The Kier molecular flexibility index (Phi) is 5.67. The Morgan fingerprint density at radius 3 is 2.74 bits per heavy atom. The number of ether oxygens (including phenoxy) is 1. The normalized spacial score (nSPS) is 19.0. The minimum atomic E-state index is 0.734. The van der Waals surface area contributed by atoms with Crippen LogP contribution in [0.1, 0.15) is 18.9 Å². The van der Waals surface area contributed by atoms with Crippen LogP contribution in [-0.2, 0) is 6.42 Å². The van der Waals surface area contributed by atoms with Gasteiger partial charge in [-0.3, -0.25) is 0 Å². The summed E-state index contributed by atoms with van der Waals surface area (Å²) in [5.41, 5.74) is 1.39. The second kappa shape index (κ2) is 7.51. The molecule has 3 nitrogen and oxygen atoms in total. The topological polar surface area (TPSA) is 24.5 Å². The highest BCUT2D eigenvalue weighted by Gasteiger charge is 2.15. The van der Waals surface area contributed by atoms with Gasteiger partial charge in [0, 0.05) is 13.1 Å². The second-order valence-electron chi connectivity index (χ2n) is 5.45. The van der Waals surface area contributed by atoms with Gasteiger partial charge in [-0.15, -0.1) is 0 Å². The van der Waals surface area contributed by atoms with E-state index >= 15 is 0 Å². The molecule has 1 saturated heterocycles. The molecule has 1 heterocycles. The number of nitrogens with zero attached hydrogens (tertiary/aromatic N) is 1. The predicted octanol–water partition coefficient (Wildman–Crippen LogP) is 2.17. The average molecular weight is 262 g/mol. The first-order valence-electron chi connectivity index (χ1n) is 7.39. The molecule has 0 aliphatic carbocycles. The van der Waals surface area contributed by atoms with Crippen LogP contribution in [0.3, 0.4) is 0 Å². The summed E-state index contributed by atoms with van der Waals surface area (Å²) in [6.45, 7) is 7.47. The molecule has 19 heavy (non-hydrogen) atoms. The summed E-state index contributed by atoms with van der Waals surface area (Å²) in [7, 11) is 2.23. The molecule has 1 fully saturated rings. The summed E-state index contributed by atoms with van der Waals surface area (Å²) in [4.78, 5) is 2.45. The SMILES string of the molecule is CCOc1ccc(CCN(C)CC2CCNC2)cc1. The van der Waals surface area contributed by atoms with E-state index in [-0.39, 0.29) is 0 Å². The fraction of sp³-hybridized carbons (Fsp3) is 0.625. The number of hydrogen-bond donors (Lipinski definition) is 1. The molecule has 0 spiro atoms. The third-order valence-corrected chi connectivity index (χ3v) is 3.75. The van der Waals surface area contributed by atoms with E-state index in [1.165, 1.54) is 31.6 Å². The van der Waals surface area contributed by atoms with Crippen molar-refractivity contribution in [3.63, 3.8) is 0 Å². The van der Waals surface area contributed by atoms with Crippen LogP contribution in [0.15, 0.2) is 24.3 Å². The van der Waals surface area contributed by atoms with Gasteiger partial charge in [0.15, 0.2) is 0 Å². The molecule has 2 rings (SSSR count). The van der Waals surface area contributed by atoms with Crippen LogP contribution >= 0.6 is 0 Å². The Morgan fingerprint density at radius 1 is 1.32 bits per heavy atom. The van der Waals surface area contributed by atoms with E-state index in [1.54, 1.807) is 0 Å². The molecule has 0 bridgehead atoms. The van der Waals surface area contributed by atoms with Crippen molar-refractivity contribution in [1.29, 1.82) is 0 Å². The number of likely N-dealkylation sites (N-methyl/N-ethyl adjacent to an activating group) is 1. The van der Waals surface area contributed by atoms with Gasteiger partial charge in [-0.25, -0.2) is 0 Å². The van der Waals surface area contributed by atoms with Crippen LogP contribution in [0.2, 0.25) is 0 Å². The minimum Gasteiger partial charge on any atom is -0.494 e. The molecule has 1 aliphatic rings. The Morgan fingerprint density at radius 2 is 2.11 bits per heavy atom. The molecule has 0 saturated carbocycles. The van der Waals surface area contributed by atoms with Crippen LogP contribution in [0.4, 0.5) is 0 Å². The van der Waals surface area contributed by atoms with Crippen molar-refractivity contribution in [3.8, 4) is 5.75 Å². The highest BCUT2D eigenvalue weighted by atomic mass is 16.5. The predicted molar refractivity (Wildman–Crippen MR) is 79.8 cm³/mol. The second-order valence-corrected chi connectivity index (χ2v) is 5.45. The molecular weight excluding hydrogens is 236 g/mol. The van der Waals surface area contributed by atoms with Crippen molar-refractivity contribution >= 4 is 0 Å². The third-order valence-electron chi connectivity index (χ3n) is 3.75. The molecule has 1 aromatic carbocycles. The Bertz CT molecular complexity index is 358. The maximum absolute atomic E-state index is 5.46. The highest BCUT2D eigenvalue weighted by molar-refractivity contribution is 5.27. The molecule has 0 aromatic heterocycles. The first-order valence-corrected chi connectivity index (χ1v) is 7.39. The van der Waals surface area contributed by atoms with E-state index in [0.717, 1.165) is 31.2 Å². The standard InChI is InChI=1S/C16H26N2O/c1-3-19-16-6-4-14(5-7-16)9-11-18(2)13-15-8-10-17-12-15/h4-7,15,17H,3,8-13H2,1-2H3. The van der Waals surface area contributed by atoms with Crippen LogP contribution in [0, 0.1) is 5.92 Å². The molecule has 1 atom stereocenters. The largest absolute Gasteiger partial charge is 0.494 e. The summed E-state index contributed by atoms with van der Waals surface area (Å²) < 4.78 is 5.46. The third kappa shape index (κ3) is 4.84. The van der Waals surface area contributed by atoms with Crippen molar-refractivity contribution in [3.05, 3.63) is 29.8 Å². The van der Waals surface area contributed by atoms with Gasteiger partial charge in [0.1, 0.15) is 5.75 Å². The quantitative estimate of drug-likeness (QED) is 0.815. The van der Waals surface area contributed by atoms with Crippen LogP contribution in [0.25, 0.3) is 0 Å². The van der Waals surface area contributed by atoms with E-state index < -0.39 is 0 Å². The molecule has 1 aromatic rings. The molecule has 1 unspecified atom stereocenters. The van der Waals surface area contributed by atoms with Crippen LogP contribution < -0.4 is 10.1 Å². The lowest BCUT2D eigenvalue weighted by molar-refractivity contribution is 0.288. The van der Waals surface area contributed by atoms with Gasteiger partial charge in [0.2, 0.25) is 0 Å². The van der Waals surface area contributed by atoms with Crippen LogP contribution in [-0.4, -0.2) is 44.7 Å². The Balaban J connectivity index is 1.71. The first kappa shape index (κ1) is 14.4. The number of nitrogens with one attached hydrogen (secondary N) is 1. The highest BCUT2D eigenvalue weighted by Crippen LogP contribution is 2.13. The number of hydrogen-bond acceptors (Lipinski definition) is 3. The number of rotatable bonds is 7. The van der Waals surface area contributed by atoms with Gasteiger partial charge in [0.25, 0.3) is 0 Å². The molecule has 1 aliphatic heterocycles. The Labute approximate surface area is 116 Å². The average Bonchev–Trinajstić information content (AvgIpc) is 2.91. The first-order chi connectivity index (χ1) is 9.28. The summed E-state index contributed by atoms with van der Waals surface area (Å²) in [6, 6.07) is 8.49. The number of benzene rings is 1. The van der Waals surface area contributed by atoms with E-state index in [2.05, 4.69) is 41.5 Å².